The Kier molecular flexibility index (Phi) is 5.45. The van der Waals surface area contributed by atoms with Gasteiger partial charge in [-0.05, 0) is 39.3 Å². The third kappa shape index (κ3) is 3.93. The van der Waals surface area contributed by atoms with Crippen molar-refractivity contribution in [3.63, 3.8) is 0 Å². The topological polar surface area (TPSA) is 52.7 Å². The first-order chi connectivity index (χ1) is 9.40. The molecule has 2 heterocycles. The van der Waals surface area contributed by atoms with Gasteiger partial charge in [0.05, 0.1) is 5.75 Å². The van der Waals surface area contributed by atoms with Crippen LogP contribution in [0.15, 0.2) is 0 Å². The summed E-state index contributed by atoms with van der Waals surface area (Å²) in [4.78, 5) is 2.46. The average Bonchev–Trinajstić information content (AvgIpc) is 2.80. The van der Waals surface area contributed by atoms with Crippen molar-refractivity contribution < 1.29 is 8.42 Å². The summed E-state index contributed by atoms with van der Waals surface area (Å²) >= 11 is 0. The first-order valence-electron chi connectivity index (χ1n) is 7.87. The van der Waals surface area contributed by atoms with Crippen LogP contribution in [0, 0.1) is 0 Å². The minimum atomic E-state index is -3.10. The molecule has 5 nitrogen and oxygen atoms in total. The summed E-state index contributed by atoms with van der Waals surface area (Å²) in [6.07, 6.45) is 3.05. The Hall–Kier alpha value is -0.170. The third-order valence-corrected chi connectivity index (χ3v) is 6.40. The van der Waals surface area contributed by atoms with Gasteiger partial charge in [0.25, 0.3) is 0 Å². The summed E-state index contributed by atoms with van der Waals surface area (Å²) in [5.74, 6) is 0.268. The number of piperazine rings is 1. The Morgan fingerprint density at radius 3 is 2.75 bits per heavy atom. The molecule has 2 aliphatic heterocycles. The Morgan fingerprint density at radius 1 is 1.30 bits per heavy atom. The van der Waals surface area contributed by atoms with E-state index in [9.17, 15) is 8.42 Å². The maximum absolute atomic E-state index is 12.5. The van der Waals surface area contributed by atoms with Gasteiger partial charge in [-0.15, -0.1) is 0 Å². The van der Waals surface area contributed by atoms with E-state index in [1.165, 1.54) is 6.42 Å². The van der Waals surface area contributed by atoms with Crippen LogP contribution in [0.1, 0.15) is 40.0 Å². The molecule has 0 amide bonds. The highest BCUT2D eigenvalue weighted by atomic mass is 32.2. The lowest BCUT2D eigenvalue weighted by atomic mass is 10.1. The van der Waals surface area contributed by atoms with Gasteiger partial charge in [-0.3, -0.25) is 4.90 Å². The van der Waals surface area contributed by atoms with Crippen LogP contribution in [0.2, 0.25) is 0 Å². The maximum atomic E-state index is 12.5. The van der Waals surface area contributed by atoms with E-state index in [1.54, 1.807) is 4.31 Å². The fourth-order valence-electron chi connectivity index (χ4n) is 3.31. The van der Waals surface area contributed by atoms with Crippen molar-refractivity contribution in [1.29, 1.82) is 0 Å². The highest BCUT2D eigenvalue weighted by molar-refractivity contribution is 7.89. The molecular weight excluding hydrogens is 274 g/mol. The summed E-state index contributed by atoms with van der Waals surface area (Å²) in [6.45, 7) is 9.70. The molecule has 0 radical (unpaired) electrons. The van der Waals surface area contributed by atoms with E-state index >= 15 is 0 Å². The molecule has 2 atom stereocenters. The first kappa shape index (κ1) is 16.2. The molecule has 1 N–H and O–H groups in total. The van der Waals surface area contributed by atoms with Crippen LogP contribution >= 0.6 is 0 Å². The monoisotopic (exact) mass is 303 g/mol. The summed E-state index contributed by atoms with van der Waals surface area (Å²) in [7, 11) is -3.10. The zero-order valence-corrected chi connectivity index (χ0v) is 13.8. The second kappa shape index (κ2) is 6.73. The zero-order chi connectivity index (χ0) is 14.8. The van der Waals surface area contributed by atoms with E-state index < -0.39 is 10.0 Å². The van der Waals surface area contributed by atoms with Crippen LogP contribution < -0.4 is 5.32 Å². The second-order valence-corrected chi connectivity index (χ2v) is 8.53. The van der Waals surface area contributed by atoms with E-state index in [0.717, 1.165) is 26.1 Å². The Labute approximate surface area is 123 Å². The number of sulfonamides is 1. The third-order valence-electron chi connectivity index (χ3n) is 4.37. The van der Waals surface area contributed by atoms with Gasteiger partial charge < -0.3 is 5.32 Å². The zero-order valence-electron chi connectivity index (χ0n) is 13.0. The highest BCUT2D eigenvalue weighted by Gasteiger charge is 2.39. The van der Waals surface area contributed by atoms with Crippen molar-refractivity contribution in [3.8, 4) is 0 Å². The molecule has 118 valence electrons. The number of rotatable bonds is 6. The maximum Gasteiger partial charge on any atom is 0.214 e. The van der Waals surface area contributed by atoms with Crippen LogP contribution in [-0.2, 0) is 10.0 Å². The molecule has 2 fully saturated rings. The molecule has 0 aliphatic carbocycles. The van der Waals surface area contributed by atoms with E-state index in [-0.39, 0.29) is 11.8 Å². The van der Waals surface area contributed by atoms with Crippen molar-refractivity contribution in [2.75, 3.05) is 31.9 Å². The highest BCUT2D eigenvalue weighted by Crippen LogP contribution is 2.26. The van der Waals surface area contributed by atoms with Gasteiger partial charge in [0.1, 0.15) is 0 Å². The minimum absolute atomic E-state index is 0.118. The number of hydrogen-bond donors (Lipinski definition) is 1. The minimum Gasteiger partial charge on any atom is -0.314 e. The van der Waals surface area contributed by atoms with Crippen LogP contribution in [0.25, 0.3) is 0 Å². The second-order valence-electron chi connectivity index (χ2n) is 6.49. The smallest absolute Gasteiger partial charge is 0.214 e. The quantitative estimate of drug-likeness (QED) is 0.740. The molecule has 0 aromatic carbocycles. The van der Waals surface area contributed by atoms with Gasteiger partial charge in [0.15, 0.2) is 0 Å². The van der Waals surface area contributed by atoms with Gasteiger partial charge >= 0.3 is 0 Å². The molecule has 2 aliphatic rings. The van der Waals surface area contributed by atoms with Gasteiger partial charge in [-0.2, -0.15) is 4.31 Å². The Balaban J connectivity index is 1.88. The lowest BCUT2D eigenvalue weighted by Gasteiger charge is -2.41. The number of nitrogens with one attached hydrogen (secondary N) is 1. The van der Waals surface area contributed by atoms with Crippen molar-refractivity contribution in [2.45, 2.75) is 58.2 Å². The Morgan fingerprint density at radius 2 is 2.05 bits per heavy atom. The number of fused-ring (bicyclic) bond motifs is 1. The van der Waals surface area contributed by atoms with Gasteiger partial charge in [-0.25, -0.2) is 8.42 Å². The SMILES string of the molecule is CC(C)NCCCS(=O)(=O)N1CC2CCCN2CC1C. The summed E-state index contributed by atoms with van der Waals surface area (Å²) < 4.78 is 26.8. The van der Waals surface area contributed by atoms with E-state index in [4.69, 9.17) is 0 Å². The number of nitrogens with zero attached hydrogens (tertiary/aromatic N) is 2. The molecule has 0 bridgehead atoms. The van der Waals surface area contributed by atoms with Gasteiger partial charge in [-0.1, -0.05) is 13.8 Å². The average molecular weight is 303 g/mol. The lowest BCUT2D eigenvalue weighted by Crippen LogP contribution is -2.57. The molecule has 20 heavy (non-hydrogen) atoms. The molecule has 2 saturated heterocycles. The molecule has 2 rings (SSSR count). The molecule has 6 heteroatoms. The van der Waals surface area contributed by atoms with E-state index in [1.807, 2.05) is 6.92 Å². The predicted octanol–water partition coefficient (Wildman–Crippen LogP) is 0.873. The van der Waals surface area contributed by atoms with Crippen LogP contribution in [-0.4, -0.2) is 67.7 Å². The van der Waals surface area contributed by atoms with Crippen LogP contribution in [0.5, 0.6) is 0 Å². The van der Waals surface area contributed by atoms with E-state index in [2.05, 4.69) is 24.1 Å². The number of hydrogen-bond acceptors (Lipinski definition) is 4. The van der Waals surface area contributed by atoms with Crippen LogP contribution in [0.3, 0.4) is 0 Å². The fraction of sp³-hybridized carbons (Fsp3) is 1.00. The Bertz CT molecular complexity index is 411. The molecule has 2 unspecified atom stereocenters. The molecular formula is C14H29N3O2S. The van der Waals surface area contributed by atoms with Crippen molar-refractivity contribution in [3.05, 3.63) is 0 Å². The molecule has 0 spiro atoms. The largest absolute Gasteiger partial charge is 0.314 e. The molecule has 0 aromatic rings. The van der Waals surface area contributed by atoms with Gasteiger partial charge in [0.2, 0.25) is 10.0 Å². The first-order valence-corrected chi connectivity index (χ1v) is 9.48. The van der Waals surface area contributed by atoms with Gasteiger partial charge in [0, 0.05) is 31.2 Å². The summed E-state index contributed by atoms with van der Waals surface area (Å²) in [6, 6.07) is 0.987. The summed E-state index contributed by atoms with van der Waals surface area (Å²) in [5.41, 5.74) is 0. The predicted molar refractivity (Wildman–Crippen MR) is 82.3 cm³/mol. The normalized spacial score (nSPS) is 29.0. The molecule has 0 saturated carbocycles. The lowest BCUT2D eigenvalue weighted by molar-refractivity contribution is 0.117. The van der Waals surface area contributed by atoms with Crippen LogP contribution in [0.4, 0.5) is 0 Å². The fourth-order valence-corrected chi connectivity index (χ4v) is 5.07. The summed E-state index contributed by atoms with van der Waals surface area (Å²) in [5, 5.41) is 3.28. The van der Waals surface area contributed by atoms with E-state index in [0.29, 0.717) is 25.0 Å². The standard InChI is InChI=1S/C14H29N3O2S/c1-12(2)15-7-5-9-20(18,19)17-11-14-6-4-8-16(14)10-13(17)3/h12-15H,4-11H2,1-3H3. The molecule has 0 aromatic heterocycles. The van der Waals surface area contributed by atoms with Crippen molar-refractivity contribution in [1.82, 2.24) is 14.5 Å². The van der Waals surface area contributed by atoms with Crippen molar-refractivity contribution in [2.24, 2.45) is 0 Å². The van der Waals surface area contributed by atoms with Crippen molar-refractivity contribution >= 4 is 10.0 Å².